The van der Waals surface area contributed by atoms with Gasteiger partial charge in [0.25, 0.3) is 0 Å². The second-order valence-corrected chi connectivity index (χ2v) is 5.27. The molecule has 3 aliphatic heterocycles. The first kappa shape index (κ1) is 10.8. The van der Waals surface area contributed by atoms with Crippen molar-refractivity contribution in [2.45, 2.75) is 56.0 Å². The lowest BCUT2D eigenvalue weighted by Gasteiger charge is -2.30. The molecule has 0 saturated carbocycles. The molecule has 5 atom stereocenters. The zero-order valence-corrected chi connectivity index (χ0v) is 9.77. The normalized spacial score (nSPS) is 49.7. The Hall–Kier alpha value is -0.360. The number of hydrogen-bond acceptors (Lipinski definition) is 5. The van der Waals surface area contributed by atoms with Crippen LogP contribution >= 0.6 is 11.6 Å². The van der Waals surface area contributed by atoms with Crippen LogP contribution in [-0.2, 0) is 23.7 Å². The molecule has 0 amide bonds. The monoisotopic (exact) mass is 248 g/mol. The van der Waals surface area contributed by atoms with E-state index in [2.05, 4.69) is 0 Å². The molecule has 0 aromatic rings. The van der Waals surface area contributed by atoms with Crippen LogP contribution in [0.1, 0.15) is 20.3 Å². The highest BCUT2D eigenvalue weighted by Crippen LogP contribution is 2.42. The average molecular weight is 249 g/mol. The van der Waals surface area contributed by atoms with Crippen molar-refractivity contribution in [2.75, 3.05) is 0 Å². The van der Waals surface area contributed by atoms with Crippen molar-refractivity contribution in [3.63, 3.8) is 0 Å². The van der Waals surface area contributed by atoms with Gasteiger partial charge in [-0.3, -0.25) is 4.79 Å². The van der Waals surface area contributed by atoms with E-state index in [4.69, 9.17) is 30.5 Å². The maximum absolute atomic E-state index is 11.4. The van der Waals surface area contributed by atoms with Crippen molar-refractivity contribution >= 4 is 17.6 Å². The Kier molecular flexibility index (Phi) is 2.24. The summed E-state index contributed by atoms with van der Waals surface area (Å²) in [7, 11) is 0. The summed E-state index contributed by atoms with van der Waals surface area (Å²) in [4.78, 5) is 11.4. The van der Waals surface area contributed by atoms with E-state index in [1.807, 2.05) is 0 Å². The molecular weight excluding hydrogens is 236 g/mol. The molecule has 90 valence electrons. The third-order valence-electron chi connectivity index (χ3n) is 3.03. The van der Waals surface area contributed by atoms with Gasteiger partial charge in [0.15, 0.2) is 24.3 Å². The Labute approximate surface area is 97.9 Å². The van der Waals surface area contributed by atoms with Gasteiger partial charge in [0.2, 0.25) is 0 Å². The van der Waals surface area contributed by atoms with Gasteiger partial charge in [0, 0.05) is 6.42 Å². The van der Waals surface area contributed by atoms with Gasteiger partial charge in [-0.1, -0.05) is 0 Å². The van der Waals surface area contributed by atoms with Crippen molar-refractivity contribution in [3.05, 3.63) is 0 Å². The Bertz CT molecular complexity index is 331. The number of esters is 1. The second-order valence-electron chi connectivity index (χ2n) is 4.75. The zero-order chi connectivity index (χ0) is 11.5. The highest BCUT2D eigenvalue weighted by Gasteiger charge is 2.58. The number of carbonyl (C=O) groups is 1. The first-order valence-corrected chi connectivity index (χ1v) is 5.75. The van der Waals surface area contributed by atoms with Crippen LogP contribution in [0.25, 0.3) is 0 Å². The number of alkyl halides is 1. The molecule has 3 saturated heterocycles. The third kappa shape index (κ3) is 1.54. The Balaban J connectivity index is 1.79. The molecule has 3 heterocycles. The quantitative estimate of drug-likeness (QED) is 0.469. The van der Waals surface area contributed by atoms with Crippen LogP contribution in [-0.4, -0.2) is 41.7 Å². The number of halogens is 1. The third-order valence-corrected chi connectivity index (χ3v) is 3.39. The summed E-state index contributed by atoms with van der Waals surface area (Å²) >= 11 is 5.81. The van der Waals surface area contributed by atoms with Crippen LogP contribution in [0.2, 0.25) is 0 Å². The van der Waals surface area contributed by atoms with Crippen LogP contribution in [0, 0.1) is 0 Å². The minimum Gasteiger partial charge on any atom is -0.455 e. The van der Waals surface area contributed by atoms with E-state index in [1.165, 1.54) is 0 Å². The zero-order valence-electron chi connectivity index (χ0n) is 9.01. The van der Waals surface area contributed by atoms with Crippen molar-refractivity contribution < 1.29 is 23.7 Å². The molecule has 6 heteroatoms. The fourth-order valence-electron chi connectivity index (χ4n) is 2.39. The lowest BCUT2D eigenvalue weighted by atomic mass is 10.0. The summed E-state index contributed by atoms with van der Waals surface area (Å²) in [6.07, 6.45) is -0.959. The number of hydrogen-bond donors (Lipinski definition) is 0. The van der Waals surface area contributed by atoms with Crippen LogP contribution in [0.5, 0.6) is 0 Å². The van der Waals surface area contributed by atoms with E-state index in [1.54, 1.807) is 13.8 Å². The molecule has 0 aromatic heterocycles. The van der Waals surface area contributed by atoms with E-state index in [9.17, 15) is 4.79 Å². The first-order chi connectivity index (χ1) is 7.46. The summed E-state index contributed by atoms with van der Waals surface area (Å²) in [5, 5.41) is -0.631. The van der Waals surface area contributed by atoms with Gasteiger partial charge in [0.1, 0.15) is 11.5 Å². The van der Waals surface area contributed by atoms with Gasteiger partial charge < -0.3 is 18.9 Å². The van der Waals surface area contributed by atoms with Gasteiger partial charge in [-0.15, -0.1) is 11.6 Å². The molecular formula is C10H13ClO5. The van der Waals surface area contributed by atoms with Gasteiger partial charge in [-0.05, 0) is 13.8 Å². The second kappa shape index (κ2) is 3.32. The molecule has 16 heavy (non-hydrogen) atoms. The predicted molar refractivity (Wildman–Crippen MR) is 52.8 cm³/mol. The Morgan fingerprint density at radius 1 is 1.31 bits per heavy atom. The topological polar surface area (TPSA) is 54.0 Å². The lowest BCUT2D eigenvalue weighted by Crippen LogP contribution is -2.45. The van der Waals surface area contributed by atoms with Crippen LogP contribution in [0.3, 0.4) is 0 Å². The van der Waals surface area contributed by atoms with Crippen molar-refractivity contribution in [3.8, 4) is 0 Å². The van der Waals surface area contributed by atoms with Gasteiger partial charge in [0.05, 0.1) is 0 Å². The first-order valence-electron chi connectivity index (χ1n) is 5.32. The SMILES string of the molecule is CC1(C)O[C@@H]2O[C@H]3C[C@H](Cl)C(=O)O[C@H]3[C@H]2O1. The molecule has 0 aromatic carbocycles. The summed E-state index contributed by atoms with van der Waals surface area (Å²) in [5.41, 5.74) is 0. The molecule has 3 rings (SSSR count). The number of rotatable bonds is 0. The Morgan fingerprint density at radius 2 is 2.06 bits per heavy atom. The predicted octanol–water partition coefficient (Wildman–Crippen LogP) is 0.786. The standard InChI is InChI=1S/C10H13ClO5/c1-10(2)15-7-6-5(13-9(7)16-10)3-4(11)8(12)14-6/h4-7,9H,3H2,1-2H3/t4-,5-,6+,7+,9-/m0/s1. The molecule has 0 spiro atoms. The minimum atomic E-state index is -0.690. The van der Waals surface area contributed by atoms with Gasteiger partial charge >= 0.3 is 5.97 Å². The molecule has 0 radical (unpaired) electrons. The largest absolute Gasteiger partial charge is 0.455 e. The maximum Gasteiger partial charge on any atom is 0.324 e. The van der Waals surface area contributed by atoms with Crippen LogP contribution < -0.4 is 0 Å². The smallest absolute Gasteiger partial charge is 0.324 e. The fourth-order valence-corrected chi connectivity index (χ4v) is 2.61. The van der Waals surface area contributed by atoms with E-state index in [0.29, 0.717) is 6.42 Å². The van der Waals surface area contributed by atoms with E-state index >= 15 is 0 Å². The highest BCUT2D eigenvalue weighted by atomic mass is 35.5. The van der Waals surface area contributed by atoms with E-state index < -0.39 is 29.5 Å². The lowest BCUT2D eigenvalue weighted by molar-refractivity contribution is -0.224. The molecule has 3 fully saturated rings. The maximum atomic E-state index is 11.4. The molecule has 0 bridgehead atoms. The highest BCUT2D eigenvalue weighted by molar-refractivity contribution is 6.30. The molecule has 0 N–H and O–H groups in total. The summed E-state index contributed by atoms with van der Waals surface area (Å²) in [5.74, 6) is -1.09. The van der Waals surface area contributed by atoms with Gasteiger partial charge in [-0.25, -0.2) is 0 Å². The Morgan fingerprint density at radius 3 is 2.81 bits per heavy atom. The number of fused-ring (bicyclic) bond motifs is 3. The fraction of sp³-hybridized carbons (Fsp3) is 0.900. The van der Waals surface area contributed by atoms with E-state index in [-0.39, 0.29) is 12.2 Å². The minimum absolute atomic E-state index is 0.216. The summed E-state index contributed by atoms with van der Waals surface area (Å²) < 4.78 is 22.1. The molecule has 0 aliphatic carbocycles. The molecule has 0 unspecified atom stereocenters. The number of ether oxygens (including phenoxy) is 4. The molecule has 5 nitrogen and oxygen atoms in total. The van der Waals surface area contributed by atoms with E-state index in [0.717, 1.165) is 0 Å². The van der Waals surface area contributed by atoms with Gasteiger partial charge in [-0.2, -0.15) is 0 Å². The van der Waals surface area contributed by atoms with Crippen LogP contribution in [0.15, 0.2) is 0 Å². The molecule has 3 aliphatic rings. The summed E-state index contributed by atoms with van der Waals surface area (Å²) in [6.45, 7) is 3.61. The van der Waals surface area contributed by atoms with Crippen molar-refractivity contribution in [1.29, 1.82) is 0 Å². The van der Waals surface area contributed by atoms with Crippen LogP contribution in [0.4, 0.5) is 0 Å². The average Bonchev–Trinajstić information content (AvgIpc) is 2.60. The number of carbonyl (C=O) groups excluding carboxylic acids is 1. The van der Waals surface area contributed by atoms with Crippen molar-refractivity contribution in [1.82, 2.24) is 0 Å². The summed E-state index contributed by atoms with van der Waals surface area (Å²) in [6, 6.07) is 0. The van der Waals surface area contributed by atoms with Crippen molar-refractivity contribution in [2.24, 2.45) is 0 Å².